The lowest BCUT2D eigenvalue weighted by Crippen LogP contribution is -2.05. The van der Waals surface area contributed by atoms with Crippen LogP contribution < -0.4 is 0 Å². The van der Waals surface area contributed by atoms with Gasteiger partial charge in [0.05, 0.1) is 6.61 Å². The predicted molar refractivity (Wildman–Crippen MR) is 59.5 cm³/mol. The minimum Gasteiger partial charge on any atom is -0.395 e. The van der Waals surface area contributed by atoms with Crippen LogP contribution in [0.1, 0.15) is 5.69 Å². The van der Waals surface area contributed by atoms with E-state index >= 15 is 0 Å². The molecule has 2 aromatic heterocycles. The first kappa shape index (κ1) is 9.93. The lowest BCUT2D eigenvalue weighted by atomic mass is 10.2. The second-order valence-electron chi connectivity index (χ2n) is 3.48. The highest BCUT2D eigenvalue weighted by atomic mass is 16.3. The second-order valence-corrected chi connectivity index (χ2v) is 3.48. The molecule has 2 rings (SSSR count). The van der Waals surface area contributed by atoms with Crippen LogP contribution in [-0.2, 0) is 6.54 Å². The first-order valence-electron chi connectivity index (χ1n) is 5.00. The summed E-state index contributed by atoms with van der Waals surface area (Å²) in [6, 6.07) is 8.05. The van der Waals surface area contributed by atoms with Crippen LogP contribution in [0.25, 0.3) is 11.3 Å². The maximum absolute atomic E-state index is 9.00. The third-order valence-corrected chi connectivity index (χ3v) is 2.48. The molecule has 0 aromatic carbocycles. The molecule has 0 bridgehead atoms. The Labute approximate surface area is 89.0 Å². The van der Waals surface area contributed by atoms with E-state index in [9.17, 15) is 0 Å². The van der Waals surface area contributed by atoms with Crippen molar-refractivity contribution in [3.05, 3.63) is 42.4 Å². The summed E-state index contributed by atoms with van der Waals surface area (Å²) in [5.41, 5.74) is 3.34. The molecular weight excluding hydrogens is 188 g/mol. The van der Waals surface area contributed by atoms with Crippen molar-refractivity contribution in [1.29, 1.82) is 0 Å². The quantitative estimate of drug-likeness (QED) is 0.824. The molecule has 0 aliphatic heterocycles. The summed E-state index contributed by atoms with van der Waals surface area (Å²) in [5.74, 6) is 0. The molecule has 3 heteroatoms. The molecule has 78 valence electrons. The molecule has 2 aromatic rings. The SMILES string of the molecule is Cc1ccc(-c2cccnc2)n1CCO. The molecule has 0 unspecified atom stereocenters. The fourth-order valence-corrected chi connectivity index (χ4v) is 1.73. The van der Waals surface area contributed by atoms with Gasteiger partial charge in [-0.2, -0.15) is 0 Å². The van der Waals surface area contributed by atoms with Gasteiger partial charge >= 0.3 is 0 Å². The van der Waals surface area contributed by atoms with Gasteiger partial charge in [0.25, 0.3) is 0 Å². The topological polar surface area (TPSA) is 38.0 Å². The van der Waals surface area contributed by atoms with E-state index < -0.39 is 0 Å². The van der Waals surface area contributed by atoms with Gasteiger partial charge in [0.2, 0.25) is 0 Å². The van der Waals surface area contributed by atoms with Crippen molar-refractivity contribution in [2.45, 2.75) is 13.5 Å². The molecule has 0 atom stereocenters. The van der Waals surface area contributed by atoms with Crippen molar-refractivity contribution in [1.82, 2.24) is 9.55 Å². The van der Waals surface area contributed by atoms with Gasteiger partial charge in [-0.3, -0.25) is 4.98 Å². The zero-order valence-electron chi connectivity index (χ0n) is 8.72. The molecule has 2 heterocycles. The summed E-state index contributed by atoms with van der Waals surface area (Å²) in [6.07, 6.45) is 3.60. The van der Waals surface area contributed by atoms with Crippen molar-refractivity contribution < 1.29 is 5.11 Å². The highest BCUT2D eigenvalue weighted by Gasteiger charge is 2.06. The molecule has 0 amide bonds. The van der Waals surface area contributed by atoms with Gasteiger partial charge in [-0.1, -0.05) is 0 Å². The Morgan fingerprint density at radius 1 is 1.33 bits per heavy atom. The number of pyridine rings is 1. The Balaban J connectivity index is 2.44. The number of aromatic nitrogens is 2. The average molecular weight is 202 g/mol. The summed E-state index contributed by atoms with van der Waals surface area (Å²) in [7, 11) is 0. The Morgan fingerprint density at radius 2 is 2.20 bits per heavy atom. The van der Waals surface area contributed by atoms with Crippen molar-refractivity contribution in [3.8, 4) is 11.3 Å². The van der Waals surface area contributed by atoms with Crippen molar-refractivity contribution >= 4 is 0 Å². The fourth-order valence-electron chi connectivity index (χ4n) is 1.73. The monoisotopic (exact) mass is 202 g/mol. The molecule has 0 aliphatic rings. The predicted octanol–water partition coefficient (Wildman–Crippen LogP) is 1.85. The van der Waals surface area contributed by atoms with Crippen LogP contribution in [0.4, 0.5) is 0 Å². The van der Waals surface area contributed by atoms with Crippen LogP contribution in [0.3, 0.4) is 0 Å². The van der Waals surface area contributed by atoms with Gasteiger partial charge in [0.15, 0.2) is 0 Å². The second kappa shape index (κ2) is 4.28. The van der Waals surface area contributed by atoms with E-state index in [-0.39, 0.29) is 6.61 Å². The minimum absolute atomic E-state index is 0.156. The third kappa shape index (κ3) is 1.92. The summed E-state index contributed by atoms with van der Waals surface area (Å²) in [5, 5.41) is 9.00. The number of rotatable bonds is 3. The summed E-state index contributed by atoms with van der Waals surface area (Å²) < 4.78 is 2.09. The van der Waals surface area contributed by atoms with E-state index in [4.69, 9.17) is 5.11 Å². The van der Waals surface area contributed by atoms with Gasteiger partial charge < -0.3 is 9.67 Å². The smallest absolute Gasteiger partial charge is 0.0610 e. The molecular formula is C12H14N2O. The summed E-state index contributed by atoms with van der Waals surface area (Å²) in [4.78, 5) is 4.10. The highest BCUT2D eigenvalue weighted by Crippen LogP contribution is 2.21. The van der Waals surface area contributed by atoms with Gasteiger partial charge in [0.1, 0.15) is 0 Å². The molecule has 1 N–H and O–H groups in total. The highest BCUT2D eigenvalue weighted by molar-refractivity contribution is 5.59. The van der Waals surface area contributed by atoms with Crippen LogP contribution in [0.5, 0.6) is 0 Å². The van der Waals surface area contributed by atoms with Crippen molar-refractivity contribution in [2.75, 3.05) is 6.61 Å². The molecule has 0 radical (unpaired) electrons. The first-order chi connectivity index (χ1) is 7.33. The third-order valence-electron chi connectivity index (χ3n) is 2.48. The molecule has 0 saturated carbocycles. The van der Waals surface area contributed by atoms with Crippen LogP contribution in [0, 0.1) is 6.92 Å². The normalized spacial score (nSPS) is 10.5. The Morgan fingerprint density at radius 3 is 2.87 bits per heavy atom. The number of aliphatic hydroxyl groups is 1. The van der Waals surface area contributed by atoms with Crippen molar-refractivity contribution in [3.63, 3.8) is 0 Å². The lowest BCUT2D eigenvalue weighted by molar-refractivity contribution is 0.276. The van der Waals surface area contributed by atoms with Gasteiger partial charge in [-0.15, -0.1) is 0 Å². The lowest BCUT2D eigenvalue weighted by Gasteiger charge is -2.09. The first-order valence-corrected chi connectivity index (χ1v) is 5.00. The maximum Gasteiger partial charge on any atom is 0.0610 e. The van der Waals surface area contributed by atoms with E-state index in [1.54, 1.807) is 6.20 Å². The molecule has 0 fully saturated rings. The number of aliphatic hydroxyl groups excluding tert-OH is 1. The number of hydrogen-bond donors (Lipinski definition) is 1. The minimum atomic E-state index is 0.156. The zero-order valence-corrected chi connectivity index (χ0v) is 8.72. The average Bonchev–Trinajstić information content (AvgIpc) is 2.63. The number of nitrogens with zero attached hydrogens (tertiary/aromatic N) is 2. The molecule has 0 spiro atoms. The Hall–Kier alpha value is -1.61. The van der Waals surface area contributed by atoms with Crippen LogP contribution in [-0.4, -0.2) is 21.3 Å². The van der Waals surface area contributed by atoms with E-state index in [1.165, 1.54) is 0 Å². The largest absolute Gasteiger partial charge is 0.395 e. The van der Waals surface area contributed by atoms with Crippen LogP contribution in [0.15, 0.2) is 36.7 Å². The van der Waals surface area contributed by atoms with Gasteiger partial charge in [-0.25, -0.2) is 0 Å². The van der Waals surface area contributed by atoms with E-state index in [0.717, 1.165) is 17.0 Å². The molecule has 0 saturated heterocycles. The number of aryl methyl sites for hydroxylation is 1. The Bertz CT molecular complexity index is 434. The summed E-state index contributed by atoms with van der Waals surface area (Å²) in [6.45, 7) is 2.82. The zero-order chi connectivity index (χ0) is 10.7. The van der Waals surface area contributed by atoms with Gasteiger partial charge in [-0.05, 0) is 31.2 Å². The Kier molecular flexibility index (Phi) is 2.83. The fraction of sp³-hybridized carbons (Fsp3) is 0.250. The van der Waals surface area contributed by atoms with E-state index in [0.29, 0.717) is 6.54 Å². The van der Waals surface area contributed by atoms with Crippen LogP contribution >= 0.6 is 0 Å². The van der Waals surface area contributed by atoms with Gasteiger partial charge in [0, 0.05) is 35.9 Å². The molecule has 0 aliphatic carbocycles. The van der Waals surface area contributed by atoms with Crippen LogP contribution in [0.2, 0.25) is 0 Å². The molecule has 15 heavy (non-hydrogen) atoms. The standard InChI is InChI=1S/C12H14N2O/c1-10-4-5-12(14(10)7-8-15)11-3-2-6-13-9-11/h2-6,9,15H,7-8H2,1H3. The number of hydrogen-bond acceptors (Lipinski definition) is 2. The van der Waals surface area contributed by atoms with E-state index in [2.05, 4.69) is 21.7 Å². The summed E-state index contributed by atoms with van der Waals surface area (Å²) >= 11 is 0. The maximum atomic E-state index is 9.00. The van der Waals surface area contributed by atoms with Crippen molar-refractivity contribution in [2.24, 2.45) is 0 Å². The molecule has 3 nitrogen and oxygen atoms in total. The van der Waals surface area contributed by atoms with E-state index in [1.807, 2.05) is 25.3 Å².